The number of nitrogens with zero attached hydrogens (tertiary/aromatic N) is 2. The second-order valence-corrected chi connectivity index (χ2v) is 9.52. The molecule has 5 heterocycles. The summed E-state index contributed by atoms with van der Waals surface area (Å²) in [7, 11) is 0. The van der Waals surface area contributed by atoms with Gasteiger partial charge in [-0.3, -0.25) is 0 Å². The van der Waals surface area contributed by atoms with E-state index in [0.717, 1.165) is 61.3 Å². The first kappa shape index (κ1) is 26.0. The number of aromatic amines is 2. The predicted molar refractivity (Wildman–Crippen MR) is 166 cm³/mol. The Balaban J connectivity index is 0.00000302. The topological polar surface area (TPSA) is 57.4 Å². The Labute approximate surface area is 250 Å². The summed E-state index contributed by atoms with van der Waals surface area (Å²) in [6.07, 6.45) is 20.1. The van der Waals surface area contributed by atoms with Crippen molar-refractivity contribution < 1.29 is 19.5 Å². The SMILES string of the molecule is C#Cc1c2nc(c(-c3ccccc3)c3ccc([nH]3)c(C#C)c3ccc([nH]3)c(-c3ccccc3)c3nc1C=C3)C=C2.[Zn]. The van der Waals surface area contributed by atoms with Gasteiger partial charge in [-0.25, -0.2) is 9.97 Å². The minimum Gasteiger partial charge on any atom is -0.354 e. The van der Waals surface area contributed by atoms with Crippen LogP contribution in [0.2, 0.25) is 0 Å². The van der Waals surface area contributed by atoms with E-state index < -0.39 is 0 Å². The molecular formula is C36H22N4Zn. The van der Waals surface area contributed by atoms with Gasteiger partial charge in [-0.15, -0.1) is 12.8 Å². The molecule has 0 fully saturated rings. The van der Waals surface area contributed by atoms with Crippen molar-refractivity contribution in [2.45, 2.75) is 0 Å². The second kappa shape index (κ2) is 10.7. The summed E-state index contributed by atoms with van der Waals surface area (Å²) in [6, 6.07) is 28.5. The fraction of sp³-hybridized carbons (Fsp3) is 0. The van der Waals surface area contributed by atoms with E-state index in [-0.39, 0.29) is 19.5 Å². The number of hydrogen-bond acceptors (Lipinski definition) is 2. The molecule has 2 aliphatic heterocycles. The van der Waals surface area contributed by atoms with Gasteiger partial charge in [-0.2, -0.15) is 0 Å². The summed E-state index contributed by atoms with van der Waals surface area (Å²) < 4.78 is 0. The predicted octanol–water partition coefficient (Wildman–Crippen LogP) is 7.95. The zero-order valence-electron chi connectivity index (χ0n) is 22.1. The molecule has 0 atom stereocenters. The number of benzene rings is 2. The monoisotopic (exact) mass is 574 g/mol. The first-order valence-corrected chi connectivity index (χ1v) is 12.9. The Morgan fingerprint density at radius 2 is 0.854 bits per heavy atom. The van der Waals surface area contributed by atoms with Gasteiger partial charge in [-0.05, 0) is 59.7 Å². The Morgan fingerprint density at radius 1 is 0.463 bits per heavy atom. The molecule has 41 heavy (non-hydrogen) atoms. The molecule has 2 aromatic carbocycles. The van der Waals surface area contributed by atoms with Crippen LogP contribution in [0.25, 0.3) is 68.6 Å². The quantitative estimate of drug-likeness (QED) is 0.162. The molecular weight excluding hydrogens is 554 g/mol. The maximum atomic E-state index is 6.09. The van der Waals surface area contributed by atoms with Gasteiger partial charge in [0.05, 0.1) is 44.9 Å². The van der Waals surface area contributed by atoms with Gasteiger partial charge >= 0.3 is 0 Å². The molecule has 2 N–H and O–H groups in total. The summed E-state index contributed by atoms with van der Waals surface area (Å²) in [5, 5.41) is 0. The molecule has 2 aliphatic rings. The molecule has 5 aromatic rings. The van der Waals surface area contributed by atoms with Crippen LogP contribution in [-0.2, 0) is 19.5 Å². The van der Waals surface area contributed by atoms with Gasteiger partial charge in [-0.1, -0.05) is 72.5 Å². The normalized spacial score (nSPS) is 11.5. The number of nitrogens with one attached hydrogen (secondary N) is 2. The van der Waals surface area contributed by atoms with E-state index >= 15 is 0 Å². The number of fused-ring (bicyclic) bond motifs is 8. The fourth-order valence-corrected chi connectivity index (χ4v) is 5.33. The van der Waals surface area contributed by atoms with E-state index in [1.807, 2.05) is 85.0 Å². The maximum Gasteiger partial charge on any atom is 0.0816 e. The summed E-state index contributed by atoms with van der Waals surface area (Å²) in [5.74, 6) is 5.75. The van der Waals surface area contributed by atoms with Gasteiger partial charge < -0.3 is 9.97 Å². The summed E-state index contributed by atoms with van der Waals surface area (Å²) in [5.41, 5.74) is 11.9. The van der Waals surface area contributed by atoms with Crippen molar-refractivity contribution in [2.24, 2.45) is 0 Å². The summed E-state index contributed by atoms with van der Waals surface area (Å²) in [6.45, 7) is 0. The standard InChI is InChI=1S/C36H22N4.Zn/c1-3-25-27-15-19-31(37-27)35(23-11-7-5-8-12-23)33-21-17-29(39-33)26(4-2)30-18-22-34(40-30)36(24-13-9-6-10-14-24)32-20-16-28(25)38-32;/h1-2,5-22,37-38H;. The molecule has 0 aliphatic carbocycles. The molecule has 4 nitrogen and oxygen atoms in total. The van der Waals surface area contributed by atoms with E-state index in [1.165, 1.54) is 0 Å². The Morgan fingerprint density at radius 3 is 1.27 bits per heavy atom. The number of aromatic nitrogens is 4. The molecule has 7 rings (SSSR count). The zero-order chi connectivity index (χ0) is 27.1. The van der Waals surface area contributed by atoms with Crippen LogP contribution in [0, 0.1) is 24.7 Å². The Hall–Kier alpha value is -5.22. The number of hydrogen-bond donors (Lipinski definition) is 2. The van der Waals surface area contributed by atoms with Gasteiger partial charge in [0.15, 0.2) is 0 Å². The summed E-state index contributed by atoms with van der Waals surface area (Å²) >= 11 is 0. The van der Waals surface area contributed by atoms with Crippen LogP contribution < -0.4 is 0 Å². The van der Waals surface area contributed by atoms with E-state index in [2.05, 4.69) is 46.1 Å². The van der Waals surface area contributed by atoms with Gasteiger partial charge in [0.2, 0.25) is 0 Å². The van der Waals surface area contributed by atoms with Crippen LogP contribution in [0.15, 0.2) is 84.9 Å². The molecule has 0 saturated carbocycles. The van der Waals surface area contributed by atoms with Crippen molar-refractivity contribution in [3.8, 4) is 46.9 Å². The van der Waals surface area contributed by atoms with Crippen LogP contribution in [0.3, 0.4) is 0 Å². The number of rotatable bonds is 2. The molecule has 0 unspecified atom stereocenters. The van der Waals surface area contributed by atoms with Crippen LogP contribution in [0.4, 0.5) is 0 Å². The second-order valence-electron chi connectivity index (χ2n) is 9.52. The van der Waals surface area contributed by atoms with Crippen molar-refractivity contribution in [3.05, 3.63) is 119 Å². The average Bonchev–Trinajstić information content (AvgIpc) is 3.81. The Bertz CT molecular complexity index is 1980. The van der Waals surface area contributed by atoms with Crippen molar-refractivity contribution in [3.63, 3.8) is 0 Å². The molecule has 8 bridgehead atoms. The number of H-pyrrole nitrogens is 2. The van der Waals surface area contributed by atoms with Crippen molar-refractivity contribution in [2.75, 3.05) is 0 Å². The largest absolute Gasteiger partial charge is 0.354 e. The minimum atomic E-state index is 0. The molecule has 0 amide bonds. The molecule has 0 radical (unpaired) electrons. The molecule has 0 spiro atoms. The van der Waals surface area contributed by atoms with E-state index in [0.29, 0.717) is 17.0 Å². The smallest absolute Gasteiger partial charge is 0.0816 e. The molecule has 5 heteroatoms. The third kappa shape index (κ3) is 4.54. The van der Waals surface area contributed by atoms with Crippen LogP contribution in [0.5, 0.6) is 0 Å². The van der Waals surface area contributed by atoms with E-state index in [9.17, 15) is 0 Å². The van der Waals surface area contributed by atoms with Gasteiger partial charge in [0.25, 0.3) is 0 Å². The molecule has 0 saturated heterocycles. The zero-order valence-corrected chi connectivity index (χ0v) is 25.1. The third-order valence-electron chi connectivity index (χ3n) is 7.17. The van der Waals surface area contributed by atoms with E-state index in [4.69, 9.17) is 22.8 Å². The Kier molecular flexibility index (Phi) is 6.82. The van der Waals surface area contributed by atoms with Crippen molar-refractivity contribution in [1.29, 1.82) is 0 Å². The van der Waals surface area contributed by atoms with Gasteiger partial charge in [0, 0.05) is 41.6 Å². The molecule has 188 valence electrons. The first-order valence-electron chi connectivity index (χ1n) is 12.9. The van der Waals surface area contributed by atoms with Crippen LogP contribution in [-0.4, -0.2) is 19.9 Å². The van der Waals surface area contributed by atoms with Crippen molar-refractivity contribution in [1.82, 2.24) is 19.9 Å². The average molecular weight is 576 g/mol. The maximum absolute atomic E-state index is 6.09. The first-order chi connectivity index (χ1) is 19.7. The van der Waals surface area contributed by atoms with Crippen molar-refractivity contribution >= 4 is 46.4 Å². The fourth-order valence-electron chi connectivity index (χ4n) is 5.33. The third-order valence-corrected chi connectivity index (χ3v) is 7.17. The van der Waals surface area contributed by atoms with Crippen LogP contribution in [0.1, 0.15) is 33.9 Å². The minimum absolute atomic E-state index is 0. The van der Waals surface area contributed by atoms with Crippen LogP contribution >= 0.6 is 0 Å². The summed E-state index contributed by atoms with van der Waals surface area (Å²) in [4.78, 5) is 17.2. The number of terminal acetylenes is 2. The van der Waals surface area contributed by atoms with Gasteiger partial charge in [0.1, 0.15) is 0 Å². The van der Waals surface area contributed by atoms with E-state index in [1.54, 1.807) is 0 Å². The molecule has 3 aromatic heterocycles.